The highest BCUT2D eigenvalue weighted by atomic mass is 79.9. The molecule has 0 unspecified atom stereocenters. The van der Waals surface area contributed by atoms with E-state index >= 15 is 0 Å². The molecule has 0 aliphatic carbocycles. The van der Waals surface area contributed by atoms with E-state index in [1.165, 1.54) is 5.56 Å². The SMILES string of the molecule is Cc1cccc(OCCN)c1Br. The van der Waals surface area contributed by atoms with Gasteiger partial charge in [0.05, 0.1) is 4.47 Å². The van der Waals surface area contributed by atoms with Gasteiger partial charge in [-0.25, -0.2) is 0 Å². The van der Waals surface area contributed by atoms with Crippen molar-refractivity contribution in [3.63, 3.8) is 0 Å². The molecule has 0 spiro atoms. The molecule has 0 amide bonds. The van der Waals surface area contributed by atoms with Crippen molar-refractivity contribution in [3.05, 3.63) is 28.2 Å². The summed E-state index contributed by atoms with van der Waals surface area (Å²) in [4.78, 5) is 0. The van der Waals surface area contributed by atoms with Crippen LogP contribution in [-0.4, -0.2) is 13.2 Å². The molecule has 0 aromatic heterocycles. The molecule has 1 aromatic rings. The molecule has 0 aliphatic rings. The topological polar surface area (TPSA) is 35.2 Å². The standard InChI is InChI=1S/C9H12BrNO/c1-7-3-2-4-8(9(7)10)12-6-5-11/h2-4H,5-6,11H2,1H3. The molecule has 0 saturated carbocycles. The summed E-state index contributed by atoms with van der Waals surface area (Å²) in [6.45, 7) is 3.13. The lowest BCUT2D eigenvalue weighted by atomic mass is 10.2. The first-order valence-corrected chi connectivity index (χ1v) is 4.63. The van der Waals surface area contributed by atoms with Crippen LogP contribution in [-0.2, 0) is 0 Å². The average molecular weight is 230 g/mol. The summed E-state index contributed by atoms with van der Waals surface area (Å²) in [5.74, 6) is 0.862. The Bertz CT molecular complexity index is 263. The fraction of sp³-hybridized carbons (Fsp3) is 0.333. The molecule has 0 bridgehead atoms. The zero-order chi connectivity index (χ0) is 8.97. The largest absolute Gasteiger partial charge is 0.491 e. The van der Waals surface area contributed by atoms with Crippen LogP contribution in [0.1, 0.15) is 5.56 Å². The summed E-state index contributed by atoms with van der Waals surface area (Å²) >= 11 is 3.44. The molecule has 66 valence electrons. The Hall–Kier alpha value is -0.540. The molecule has 2 nitrogen and oxygen atoms in total. The molecule has 0 saturated heterocycles. The Balaban J connectivity index is 2.78. The van der Waals surface area contributed by atoms with Gasteiger partial charge in [-0.1, -0.05) is 12.1 Å². The summed E-state index contributed by atoms with van der Waals surface area (Å²) in [6, 6.07) is 5.91. The van der Waals surface area contributed by atoms with Crippen LogP contribution in [0.3, 0.4) is 0 Å². The molecule has 1 aromatic carbocycles. The van der Waals surface area contributed by atoms with Crippen molar-refractivity contribution in [2.75, 3.05) is 13.2 Å². The molecule has 12 heavy (non-hydrogen) atoms. The summed E-state index contributed by atoms with van der Waals surface area (Å²) in [6.07, 6.45) is 0. The lowest BCUT2D eigenvalue weighted by molar-refractivity contribution is 0.326. The van der Waals surface area contributed by atoms with E-state index < -0.39 is 0 Å². The number of ether oxygens (including phenoxy) is 1. The Morgan fingerprint density at radius 1 is 1.50 bits per heavy atom. The summed E-state index contributed by atoms with van der Waals surface area (Å²) < 4.78 is 6.41. The van der Waals surface area contributed by atoms with Gasteiger partial charge in [0, 0.05) is 6.54 Å². The zero-order valence-electron chi connectivity index (χ0n) is 7.01. The fourth-order valence-electron chi connectivity index (χ4n) is 0.901. The number of nitrogens with two attached hydrogens (primary N) is 1. The Kier molecular flexibility index (Phi) is 3.56. The van der Waals surface area contributed by atoms with Crippen LogP contribution in [0.4, 0.5) is 0 Å². The van der Waals surface area contributed by atoms with Crippen LogP contribution in [0, 0.1) is 6.92 Å². The third-order valence-corrected chi connectivity index (χ3v) is 2.55. The zero-order valence-corrected chi connectivity index (χ0v) is 8.60. The van der Waals surface area contributed by atoms with Gasteiger partial charge in [0.1, 0.15) is 12.4 Å². The average Bonchev–Trinajstić information content (AvgIpc) is 2.08. The van der Waals surface area contributed by atoms with E-state index in [1.807, 2.05) is 25.1 Å². The van der Waals surface area contributed by atoms with Gasteiger partial charge in [0.25, 0.3) is 0 Å². The number of rotatable bonds is 3. The van der Waals surface area contributed by atoms with Gasteiger partial charge in [0.2, 0.25) is 0 Å². The van der Waals surface area contributed by atoms with E-state index in [4.69, 9.17) is 10.5 Å². The maximum Gasteiger partial charge on any atom is 0.133 e. The predicted octanol–water partition coefficient (Wildman–Crippen LogP) is 2.10. The number of aryl methyl sites for hydroxylation is 1. The first-order chi connectivity index (χ1) is 5.75. The fourth-order valence-corrected chi connectivity index (χ4v) is 1.28. The lowest BCUT2D eigenvalue weighted by Gasteiger charge is -2.07. The van der Waals surface area contributed by atoms with Crippen LogP contribution in [0.2, 0.25) is 0 Å². The van der Waals surface area contributed by atoms with E-state index in [0.29, 0.717) is 13.2 Å². The Labute approximate surface area is 80.8 Å². The van der Waals surface area contributed by atoms with Crippen molar-refractivity contribution in [2.45, 2.75) is 6.92 Å². The molecule has 1 rings (SSSR count). The second-order valence-corrected chi connectivity index (χ2v) is 3.32. The van der Waals surface area contributed by atoms with E-state index in [0.717, 1.165) is 10.2 Å². The molecule has 0 aliphatic heterocycles. The molecule has 0 heterocycles. The highest BCUT2D eigenvalue weighted by Gasteiger charge is 2.01. The molecule has 0 atom stereocenters. The van der Waals surface area contributed by atoms with Crippen molar-refractivity contribution in [2.24, 2.45) is 5.73 Å². The summed E-state index contributed by atoms with van der Waals surface area (Å²) in [5, 5.41) is 0. The lowest BCUT2D eigenvalue weighted by Crippen LogP contribution is -2.10. The van der Waals surface area contributed by atoms with Crippen LogP contribution in [0.25, 0.3) is 0 Å². The molecule has 0 fully saturated rings. The predicted molar refractivity (Wildman–Crippen MR) is 53.4 cm³/mol. The highest BCUT2D eigenvalue weighted by molar-refractivity contribution is 9.10. The maximum absolute atomic E-state index is 5.39. The third kappa shape index (κ3) is 2.22. The van der Waals surface area contributed by atoms with Gasteiger partial charge >= 0.3 is 0 Å². The second kappa shape index (κ2) is 4.48. The first-order valence-electron chi connectivity index (χ1n) is 3.83. The van der Waals surface area contributed by atoms with Crippen LogP contribution >= 0.6 is 15.9 Å². The second-order valence-electron chi connectivity index (χ2n) is 2.52. The summed E-state index contributed by atoms with van der Waals surface area (Å²) in [5.41, 5.74) is 6.50. The first kappa shape index (κ1) is 9.55. The van der Waals surface area contributed by atoms with Crippen LogP contribution < -0.4 is 10.5 Å². The molecule has 3 heteroatoms. The van der Waals surface area contributed by atoms with E-state index in [9.17, 15) is 0 Å². The number of hydrogen-bond acceptors (Lipinski definition) is 2. The molecule has 2 N–H and O–H groups in total. The maximum atomic E-state index is 5.39. The Morgan fingerprint density at radius 2 is 2.25 bits per heavy atom. The summed E-state index contributed by atoms with van der Waals surface area (Å²) in [7, 11) is 0. The number of benzene rings is 1. The van der Waals surface area contributed by atoms with Crippen molar-refractivity contribution in [1.82, 2.24) is 0 Å². The smallest absolute Gasteiger partial charge is 0.133 e. The highest BCUT2D eigenvalue weighted by Crippen LogP contribution is 2.27. The van der Waals surface area contributed by atoms with Gasteiger partial charge < -0.3 is 10.5 Å². The van der Waals surface area contributed by atoms with Crippen molar-refractivity contribution in [3.8, 4) is 5.75 Å². The van der Waals surface area contributed by atoms with Gasteiger partial charge in [-0.2, -0.15) is 0 Å². The van der Waals surface area contributed by atoms with E-state index in [-0.39, 0.29) is 0 Å². The van der Waals surface area contributed by atoms with Crippen LogP contribution in [0.5, 0.6) is 5.75 Å². The quantitative estimate of drug-likeness (QED) is 0.862. The van der Waals surface area contributed by atoms with Crippen molar-refractivity contribution < 1.29 is 4.74 Å². The minimum absolute atomic E-state index is 0.542. The van der Waals surface area contributed by atoms with Gasteiger partial charge in [-0.15, -0.1) is 0 Å². The molecule has 0 radical (unpaired) electrons. The molecular weight excluding hydrogens is 218 g/mol. The van der Waals surface area contributed by atoms with Crippen LogP contribution in [0.15, 0.2) is 22.7 Å². The molecular formula is C9H12BrNO. The van der Waals surface area contributed by atoms with Gasteiger partial charge in [-0.3, -0.25) is 0 Å². The van der Waals surface area contributed by atoms with Gasteiger partial charge in [-0.05, 0) is 34.5 Å². The Morgan fingerprint density at radius 3 is 2.92 bits per heavy atom. The van der Waals surface area contributed by atoms with E-state index in [1.54, 1.807) is 0 Å². The normalized spacial score (nSPS) is 9.92. The monoisotopic (exact) mass is 229 g/mol. The minimum Gasteiger partial charge on any atom is -0.491 e. The minimum atomic E-state index is 0.542. The number of hydrogen-bond donors (Lipinski definition) is 1. The van der Waals surface area contributed by atoms with Crippen molar-refractivity contribution in [1.29, 1.82) is 0 Å². The van der Waals surface area contributed by atoms with E-state index in [2.05, 4.69) is 15.9 Å². The third-order valence-electron chi connectivity index (χ3n) is 1.53. The van der Waals surface area contributed by atoms with Gasteiger partial charge in [0.15, 0.2) is 0 Å². The number of halogens is 1. The van der Waals surface area contributed by atoms with Crippen molar-refractivity contribution >= 4 is 15.9 Å².